The number of nitrogens with zero attached hydrogens (tertiary/aromatic N) is 1. The number of ether oxygens (including phenoxy) is 1. The van der Waals surface area contributed by atoms with Gasteiger partial charge in [0, 0.05) is 6.54 Å². The van der Waals surface area contributed by atoms with Gasteiger partial charge in [-0.15, -0.1) is 0 Å². The van der Waals surface area contributed by atoms with Crippen LogP contribution in [0.4, 0.5) is 0 Å². The molecule has 0 bridgehead atoms. The Hall–Kier alpha value is -1.88. The van der Waals surface area contributed by atoms with Gasteiger partial charge in [0.2, 0.25) is 0 Å². The van der Waals surface area contributed by atoms with Crippen LogP contribution in [0, 0.1) is 5.92 Å². The van der Waals surface area contributed by atoms with Crippen LogP contribution in [-0.4, -0.2) is 24.5 Å². The first-order valence-corrected chi connectivity index (χ1v) is 7.32. The summed E-state index contributed by atoms with van der Waals surface area (Å²) in [4.78, 5) is 0. The minimum absolute atomic E-state index is 0.542. The number of hydrazone groups is 1. The van der Waals surface area contributed by atoms with E-state index in [-0.39, 0.29) is 0 Å². The summed E-state index contributed by atoms with van der Waals surface area (Å²) in [6, 6.07) is 7.83. The maximum atomic E-state index is 5.13. The summed E-state index contributed by atoms with van der Waals surface area (Å²) in [5.41, 5.74) is 4.76. The summed E-state index contributed by atoms with van der Waals surface area (Å²) in [5, 5.41) is 7.84. The molecule has 0 radical (unpaired) electrons. The van der Waals surface area contributed by atoms with Crippen molar-refractivity contribution in [1.82, 2.24) is 10.7 Å². The fourth-order valence-electron chi connectivity index (χ4n) is 1.44. The second-order valence-corrected chi connectivity index (χ2v) is 5.48. The number of allylic oxidation sites excluding steroid dienone is 1. The molecule has 0 aromatic heterocycles. The highest BCUT2D eigenvalue weighted by Gasteiger charge is 1.96. The molecule has 21 heavy (non-hydrogen) atoms. The van der Waals surface area contributed by atoms with Crippen molar-refractivity contribution in [2.75, 3.05) is 13.7 Å². The summed E-state index contributed by atoms with van der Waals surface area (Å²) < 4.78 is 5.12. The molecular weight excluding hydrogens is 282 g/mol. The molecule has 1 rings (SSSR count). The molecule has 114 valence electrons. The van der Waals surface area contributed by atoms with Gasteiger partial charge in [0.15, 0.2) is 5.11 Å². The Kier molecular flexibility index (Phi) is 7.46. The van der Waals surface area contributed by atoms with E-state index in [4.69, 9.17) is 17.0 Å². The van der Waals surface area contributed by atoms with E-state index in [2.05, 4.69) is 29.7 Å². The lowest BCUT2D eigenvalue weighted by atomic mass is 10.2. The van der Waals surface area contributed by atoms with Crippen molar-refractivity contribution in [1.29, 1.82) is 0 Å². The number of methoxy groups -OCH3 is 1. The Bertz CT molecular complexity index is 507. The van der Waals surface area contributed by atoms with E-state index in [1.165, 1.54) is 0 Å². The second kappa shape index (κ2) is 9.13. The van der Waals surface area contributed by atoms with Crippen molar-refractivity contribution >= 4 is 29.1 Å². The number of benzene rings is 1. The minimum atomic E-state index is 0.542. The highest BCUT2D eigenvalue weighted by atomic mass is 32.1. The number of hydrogen-bond donors (Lipinski definition) is 2. The standard InChI is InChI=1S/C16H23N3OS/c1-12(2)11-17-16(21)19-18-13(3)5-6-14-7-9-15(20-4)10-8-14/h5-10,12H,11H2,1-4H3,(H2,17,19,21)/b6-5+,18-13-. The van der Waals surface area contributed by atoms with Crippen molar-refractivity contribution in [2.24, 2.45) is 11.0 Å². The SMILES string of the molecule is COc1ccc(/C=C/C(C)=N\NC(=S)NCC(C)C)cc1. The average molecular weight is 305 g/mol. The lowest BCUT2D eigenvalue weighted by molar-refractivity contribution is 0.415. The number of hydrogen-bond acceptors (Lipinski definition) is 3. The quantitative estimate of drug-likeness (QED) is 0.481. The topological polar surface area (TPSA) is 45.6 Å². The van der Waals surface area contributed by atoms with Crippen LogP contribution in [0.15, 0.2) is 35.4 Å². The molecule has 0 saturated carbocycles. The summed E-state index contributed by atoms with van der Waals surface area (Å²) in [7, 11) is 1.66. The van der Waals surface area contributed by atoms with Crippen molar-refractivity contribution in [3.8, 4) is 5.75 Å². The predicted octanol–water partition coefficient (Wildman–Crippen LogP) is 3.20. The molecule has 0 aliphatic rings. The molecule has 0 aliphatic carbocycles. The first-order valence-electron chi connectivity index (χ1n) is 6.91. The highest BCUT2D eigenvalue weighted by Crippen LogP contribution is 2.12. The zero-order valence-electron chi connectivity index (χ0n) is 13.0. The molecule has 0 atom stereocenters. The summed E-state index contributed by atoms with van der Waals surface area (Å²) in [6.45, 7) is 7.00. The van der Waals surface area contributed by atoms with Crippen LogP contribution in [0.25, 0.3) is 6.08 Å². The van der Waals surface area contributed by atoms with Gasteiger partial charge >= 0.3 is 0 Å². The van der Waals surface area contributed by atoms with Crippen molar-refractivity contribution < 1.29 is 4.74 Å². The molecule has 4 nitrogen and oxygen atoms in total. The molecule has 0 aliphatic heterocycles. The van der Waals surface area contributed by atoms with E-state index in [0.29, 0.717) is 11.0 Å². The molecule has 2 N–H and O–H groups in total. The minimum Gasteiger partial charge on any atom is -0.497 e. The fourth-order valence-corrected chi connectivity index (χ4v) is 1.57. The van der Waals surface area contributed by atoms with Gasteiger partial charge in [0.1, 0.15) is 5.75 Å². The van der Waals surface area contributed by atoms with Gasteiger partial charge in [-0.2, -0.15) is 5.10 Å². The van der Waals surface area contributed by atoms with Gasteiger partial charge in [0.05, 0.1) is 12.8 Å². The average Bonchev–Trinajstić information content (AvgIpc) is 2.49. The Labute approximate surface area is 132 Å². The molecule has 0 spiro atoms. The maximum absolute atomic E-state index is 5.13. The molecule has 0 saturated heterocycles. The van der Waals surface area contributed by atoms with Crippen LogP contribution in [0.3, 0.4) is 0 Å². The highest BCUT2D eigenvalue weighted by molar-refractivity contribution is 7.80. The number of rotatable bonds is 6. The molecule has 1 aromatic carbocycles. The van der Waals surface area contributed by atoms with E-state index in [1.54, 1.807) is 7.11 Å². The fraction of sp³-hybridized carbons (Fsp3) is 0.375. The Balaban J connectivity index is 2.47. The molecule has 5 heteroatoms. The smallest absolute Gasteiger partial charge is 0.186 e. The van der Waals surface area contributed by atoms with Crippen molar-refractivity contribution in [2.45, 2.75) is 20.8 Å². The summed E-state index contributed by atoms with van der Waals surface area (Å²) in [5.74, 6) is 1.39. The molecule has 0 unspecified atom stereocenters. The predicted molar refractivity (Wildman–Crippen MR) is 93.7 cm³/mol. The van der Waals surface area contributed by atoms with Gasteiger partial charge in [-0.05, 0) is 48.8 Å². The third-order valence-electron chi connectivity index (χ3n) is 2.64. The first-order chi connectivity index (χ1) is 10.0. The molecule has 0 heterocycles. The van der Waals surface area contributed by atoms with Gasteiger partial charge in [-0.3, -0.25) is 5.43 Å². The zero-order valence-corrected chi connectivity index (χ0v) is 13.8. The second-order valence-electron chi connectivity index (χ2n) is 5.08. The van der Waals surface area contributed by atoms with Crippen LogP contribution < -0.4 is 15.5 Å². The molecule has 0 fully saturated rings. The first kappa shape index (κ1) is 17.2. The van der Waals surface area contributed by atoms with Crippen molar-refractivity contribution in [3.05, 3.63) is 35.9 Å². The molecular formula is C16H23N3OS. The van der Waals surface area contributed by atoms with Gasteiger partial charge in [-0.1, -0.05) is 32.1 Å². The van der Waals surface area contributed by atoms with Crippen LogP contribution >= 0.6 is 12.2 Å². The third kappa shape index (κ3) is 7.46. The third-order valence-corrected chi connectivity index (χ3v) is 2.87. The van der Waals surface area contributed by atoms with E-state index in [0.717, 1.165) is 23.6 Å². The largest absolute Gasteiger partial charge is 0.497 e. The summed E-state index contributed by atoms with van der Waals surface area (Å²) in [6.07, 6.45) is 3.92. The van der Waals surface area contributed by atoms with Crippen LogP contribution in [0.1, 0.15) is 26.3 Å². The van der Waals surface area contributed by atoms with Crippen molar-refractivity contribution in [3.63, 3.8) is 0 Å². The van der Waals surface area contributed by atoms with E-state index in [1.807, 2.05) is 43.3 Å². The zero-order chi connectivity index (χ0) is 15.7. The Morgan fingerprint density at radius 1 is 1.33 bits per heavy atom. The number of nitrogens with one attached hydrogen (secondary N) is 2. The number of thiocarbonyl (C=S) groups is 1. The maximum Gasteiger partial charge on any atom is 0.186 e. The monoisotopic (exact) mass is 305 g/mol. The van der Waals surface area contributed by atoms with Crippen LogP contribution in [0.5, 0.6) is 5.75 Å². The lowest BCUT2D eigenvalue weighted by Crippen LogP contribution is -2.34. The van der Waals surface area contributed by atoms with Crippen LogP contribution in [0.2, 0.25) is 0 Å². The van der Waals surface area contributed by atoms with Crippen LogP contribution in [-0.2, 0) is 0 Å². The van der Waals surface area contributed by atoms with E-state index in [9.17, 15) is 0 Å². The molecule has 1 aromatic rings. The lowest BCUT2D eigenvalue weighted by Gasteiger charge is -2.09. The Morgan fingerprint density at radius 2 is 2.00 bits per heavy atom. The van der Waals surface area contributed by atoms with Gasteiger partial charge in [-0.25, -0.2) is 0 Å². The normalized spacial score (nSPS) is 11.8. The Morgan fingerprint density at radius 3 is 2.57 bits per heavy atom. The van der Waals surface area contributed by atoms with E-state index >= 15 is 0 Å². The molecule has 0 amide bonds. The van der Waals surface area contributed by atoms with Gasteiger partial charge < -0.3 is 10.1 Å². The van der Waals surface area contributed by atoms with E-state index < -0.39 is 0 Å². The summed E-state index contributed by atoms with van der Waals surface area (Å²) >= 11 is 5.13. The van der Waals surface area contributed by atoms with Gasteiger partial charge in [0.25, 0.3) is 0 Å².